The zero-order valence-electron chi connectivity index (χ0n) is 12.3. The van der Waals surface area contributed by atoms with Crippen LogP contribution in [0.3, 0.4) is 0 Å². The fourth-order valence-corrected chi connectivity index (χ4v) is 3.50. The van der Waals surface area contributed by atoms with Gasteiger partial charge in [0.2, 0.25) is 0 Å². The Hall–Kier alpha value is -1.06. The number of fused-ring (bicyclic) bond motifs is 1. The van der Waals surface area contributed by atoms with E-state index in [-0.39, 0.29) is 0 Å². The number of para-hydroxylation sites is 1. The van der Waals surface area contributed by atoms with Crippen molar-refractivity contribution in [1.29, 1.82) is 0 Å². The van der Waals surface area contributed by atoms with E-state index < -0.39 is 5.60 Å². The van der Waals surface area contributed by atoms with Gasteiger partial charge in [0.1, 0.15) is 5.75 Å². The molecule has 0 radical (unpaired) electrons. The molecule has 2 aliphatic rings. The van der Waals surface area contributed by atoms with Gasteiger partial charge in [0.15, 0.2) is 0 Å². The van der Waals surface area contributed by atoms with E-state index in [0.717, 1.165) is 50.1 Å². The molecular formula is C17H25NO2. The van der Waals surface area contributed by atoms with Gasteiger partial charge in [-0.1, -0.05) is 24.6 Å². The molecule has 3 rings (SSSR count). The molecule has 0 aliphatic carbocycles. The van der Waals surface area contributed by atoms with Crippen LogP contribution in [0.2, 0.25) is 0 Å². The van der Waals surface area contributed by atoms with Crippen LogP contribution in [-0.2, 0) is 12.0 Å². The summed E-state index contributed by atoms with van der Waals surface area (Å²) in [6.45, 7) is 3.77. The summed E-state index contributed by atoms with van der Waals surface area (Å²) in [7, 11) is 0. The Bertz CT molecular complexity index is 464. The highest BCUT2D eigenvalue weighted by Crippen LogP contribution is 2.38. The van der Waals surface area contributed by atoms with Gasteiger partial charge in [0.05, 0.1) is 12.2 Å². The van der Waals surface area contributed by atoms with Crippen molar-refractivity contribution in [2.45, 2.75) is 57.1 Å². The maximum Gasteiger partial charge on any atom is 0.128 e. The molecule has 1 aromatic carbocycles. The third-order valence-electron chi connectivity index (χ3n) is 4.57. The first-order valence-corrected chi connectivity index (χ1v) is 7.88. The van der Waals surface area contributed by atoms with E-state index in [1.807, 2.05) is 19.1 Å². The van der Waals surface area contributed by atoms with E-state index in [2.05, 4.69) is 11.4 Å². The number of ether oxygens (including phenoxy) is 1. The molecule has 20 heavy (non-hydrogen) atoms. The number of aliphatic hydroxyl groups is 1. The Kier molecular flexibility index (Phi) is 3.99. The number of rotatable bonds is 3. The average Bonchev–Trinajstić information content (AvgIpc) is 2.47. The monoisotopic (exact) mass is 275 g/mol. The SMILES string of the molecule is CC(O)(CC1CCCCN1)c1cccc2c1OCCC2. The number of hydrogen-bond acceptors (Lipinski definition) is 3. The molecule has 2 N–H and O–H groups in total. The van der Waals surface area contributed by atoms with Gasteiger partial charge in [-0.15, -0.1) is 0 Å². The third-order valence-corrected chi connectivity index (χ3v) is 4.57. The van der Waals surface area contributed by atoms with Crippen LogP contribution in [0.15, 0.2) is 18.2 Å². The minimum absolute atomic E-state index is 0.415. The second-order valence-corrected chi connectivity index (χ2v) is 6.37. The third kappa shape index (κ3) is 2.84. The van der Waals surface area contributed by atoms with Crippen molar-refractivity contribution in [2.75, 3.05) is 13.2 Å². The van der Waals surface area contributed by atoms with E-state index in [4.69, 9.17) is 4.74 Å². The van der Waals surface area contributed by atoms with Crippen molar-refractivity contribution in [3.05, 3.63) is 29.3 Å². The highest BCUT2D eigenvalue weighted by Gasteiger charge is 2.32. The van der Waals surface area contributed by atoms with Gasteiger partial charge in [-0.2, -0.15) is 0 Å². The lowest BCUT2D eigenvalue weighted by molar-refractivity contribution is 0.0298. The normalized spacial score (nSPS) is 25.4. The van der Waals surface area contributed by atoms with Gasteiger partial charge in [-0.25, -0.2) is 0 Å². The van der Waals surface area contributed by atoms with E-state index in [0.29, 0.717) is 6.04 Å². The van der Waals surface area contributed by atoms with Crippen LogP contribution in [0.25, 0.3) is 0 Å². The predicted molar refractivity (Wildman–Crippen MR) is 80.1 cm³/mol. The Balaban J connectivity index is 1.82. The summed E-state index contributed by atoms with van der Waals surface area (Å²) in [5.74, 6) is 0.930. The van der Waals surface area contributed by atoms with Gasteiger partial charge >= 0.3 is 0 Å². The Morgan fingerprint density at radius 1 is 1.35 bits per heavy atom. The van der Waals surface area contributed by atoms with E-state index >= 15 is 0 Å². The molecule has 110 valence electrons. The molecule has 3 nitrogen and oxygen atoms in total. The van der Waals surface area contributed by atoms with E-state index in [1.54, 1.807) is 0 Å². The van der Waals surface area contributed by atoms with Gasteiger partial charge in [-0.3, -0.25) is 0 Å². The quantitative estimate of drug-likeness (QED) is 0.891. The highest BCUT2D eigenvalue weighted by molar-refractivity contribution is 5.45. The molecular weight excluding hydrogens is 250 g/mol. The number of hydrogen-bond donors (Lipinski definition) is 2. The first kappa shape index (κ1) is 13.9. The minimum Gasteiger partial charge on any atom is -0.493 e. The van der Waals surface area contributed by atoms with E-state index in [9.17, 15) is 5.11 Å². The summed E-state index contributed by atoms with van der Waals surface area (Å²) in [6.07, 6.45) is 6.56. The highest BCUT2D eigenvalue weighted by atomic mass is 16.5. The molecule has 1 aromatic rings. The van der Waals surface area contributed by atoms with Crippen LogP contribution in [-0.4, -0.2) is 24.3 Å². The van der Waals surface area contributed by atoms with Crippen LogP contribution in [0.4, 0.5) is 0 Å². The van der Waals surface area contributed by atoms with Crippen LogP contribution < -0.4 is 10.1 Å². The largest absolute Gasteiger partial charge is 0.493 e. The molecule has 0 aromatic heterocycles. The first-order valence-electron chi connectivity index (χ1n) is 7.88. The van der Waals surface area contributed by atoms with Crippen molar-refractivity contribution < 1.29 is 9.84 Å². The lowest BCUT2D eigenvalue weighted by atomic mass is 9.84. The number of piperidine rings is 1. The van der Waals surface area contributed by atoms with Gasteiger partial charge in [0, 0.05) is 11.6 Å². The lowest BCUT2D eigenvalue weighted by Crippen LogP contribution is -2.40. The number of benzene rings is 1. The topological polar surface area (TPSA) is 41.5 Å². The zero-order valence-corrected chi connectivity index (χ0v) is 12.3. The van der Waals surface area contributed by atoms with Gasteiger partial charge in [-0.05, 0) is 51.1 Å². The van der Waals surface area contributed by atoms with Crippen LogP contribution >= 0.6 is 0 Å². The van der Waals surface area contributed by atoms with Crippen molar-refractivity contribution in [3.8, 4) is 5.75 Å². The summed E-state index contributed by atoms with van der Waals surface area (Å²) in [4.78, 5) is 0. The Labute approximate surface area is 121 Å². The van der Waals surface area contributed by atoms with Crippen LogP contribution in [0.1, 0.15) is 50.2 Å². The molecule has 0 spiro atoms. The van der Waals surface area contributed by atoms with Crippen molar-refractivity contribution in [3.63, 3.8) is 0 Å². The smallest absolute Gasteiger partial charge is 0.128 e. The van der Waals surface area contributed by atoms with Crippen LogP contribution in [0.5, 0.6) is 5.75 Å². The maximum absolute atomic E-state index is 11.0. The molecule has 1 fully saturated rings. The van der Waals surface area contributed by atoms with Gasteiger partial charge < -0.3 is 15.2 Å². The first-order chi connectivity index (χ1) is 9.67. The summed E-state index contributed by atoms with van der Waals surface area (Å²) in [6, 6.07) is 6.60. The summed E-state index contributed by atoms with van der Waals surface area (Å²) < 4.78 is 5.85. The average molecular weight is 275 g/mol. The molecule has 0 bridgehead atoms. The predicted octanol–water partition coefficient (Wildman–Crippen LogP) is 2.75. The van der Waals surface area contributed by atoms with Crippen molar-refractivity contribution in [1.82, 2.24) is 5.32 Å². The second-order valence-electron chi connectivity index (χ2n) is 6.37. The van der Waals surface area contributed by atoms with Crippen molar-refractivity contribution >= 4 is 0 Å². The molecule has 0 saturated carbocycles. The van der Waals surface area contributed by atoms with Gasteiger partial charge in [0.25, 0.3) is 0 Å². The molecule has 1 saturated heterocycles. The molecule has 0 amide bonds. The fourth-order valence-electron chi connectivity index (χ4n) is 3.50. The Morgan fingerprint density at radius 3 is 3.05 bits per heavy atom. The minimum atomic E-state index is -0.822. The molecule has 2 unspecified atom stereocenters. The molecule has 2 atom stereocenters. The molecule has 2 aliphatic heterocycles. The summed E-state index contributed by atoms with van der Waals surface area (Å²) >= 11 is 0. The second kappa shape index (κ2) is 5.74. The van der Waals surface area contributed by atoms with Crippen molar-refractivity contribution in [2.24, 2.45) is 0 Å². The summed E-state index contributed by atoms with van der Waals surface area (Å²) in [5.41, 5.74) is 1.38. The standard InChI is InChI=1S/C17H25NO2/c1-17(19,12-14-8-2-3-10-18-14)15-9-4-6-13-7-5-11-20-16(13)15/h4,6,9,14,18-19H,2-3,5,7-8,10-12H2,1H3. The molecule has 2 heterocycles. The van der Waals surface area contributed by atoms with E-state index in [1.165, 1.54) is 18.4 Å². The number of aryl methyl sites for hydroxylation is 1. The Morgan fingerprint density at radius 2 is 2.25 bits per heavy atom. The summed E-state index contributed by atoms with van der Waals surface area (Å²) in [5, 5.41) is 14.5. The van der Waals surface area contributed by atoms with Crippen LogP contribution in [0, 0.1) is 0 Å². The number of nitrogens with one attached hydrogen (secondary N) is 1. The maximum atomic E-state index is 11.0. The lowest BCUT2D eigenvalue weighted by Gasteiger charge is -2.34. The molecule has 3 heteroatoms. The fraction of sp³-hybridized carbons (Fsp3) is 0.647. The zero-order chi connectivity index (χ0) is 14.0.